The summed E-state index contributed by atoms with van der Waals surface area (Å²) in [5, 5.41) is 0.671. The summed E-state index contributed by atoms with van der Waals surface area (Å²) in [7, 11) is -3.40. The molecule has 0 aliphatic carbocycles. The Hall–Kier alpha value is -1.36. The fraction of sp³-hybridized carbons (Fsp3) is 0.400. The van der Waals surface area contributed by atoms with Gasteiger partial charge < -0.3 is 0 Å². The van der Waals surface area contributed by atoms with E-state index < -0.39 is 14.8 Å². The van der Waals surface area contributed by atoms with Crippen LogP contribution in [0.5, 0.6) is 0 Å². The van der Waals surface area contributed by atoms with Crippen molar-refractivity contribution in [1.29, 1.82) is 0 Å². The van der Waals surface area contributed by atoms with Crippen LogP contribution in [-0.2, 0) is 10.0 Å². The third kappa shape index (κ3) is 5.06. The predicted octanol–water partition coefficient (Wildman–Crippen LogP) is 4.95. The van der Waals surface area contributed by atoms with Crippen LogP contribution in [0.2, 0.25) is 5.02 Å². The van der Waals surface area contributed by atoms with Crippen LogP contribution in [-0.4, -0.2) is 19.7 Å². The summed E-state index contributed by atoms with van der Waals surface area (Å²) >= 11 is 6.01. The van der Waals surface area contributed by atoms with Crippen LogP contribution in [0.25, 0.3) is 0 Å². The molecule has 0 aromatic heterocycles. The van der Waals surface area contributed by atoms with Gasteiger partial charge in [0, 0.05) is 17.5 Å². The number of halogens is 1. The van der Waals surface area contributed by atoms with E-state index in [0.29, 0.717) is 11.6 Å². The average molecular weight is 380 g/mol. The summed E-state index contributed by atoms with van der Waals surface area (Å²) in [6.45, 7) is 7.57. The second-order valence-electron chi connectivity index (χ2n) is 7.32. The van der Waals surface area contributed by atoms with Crippen molar-refractivity contribution in [2.45, 2.75) is 44.3 Å². The van der Waals surface area contributed by atoms with Gasteiger partial charge in [0.15, 0.2) is 0 Å². The number of nitrogens with one attached hydrogen (secondary N) is 1. The molecule has 2 aromatic rings. The van der Waals surface area contributed by atoms with E-state index in [2.05, 4.69) is 23.8 Å². The van der Waals surface area contributed by atoms with E-state index in [9.17, 15) is 8.42 Å². The molecule has 0 amide bonds. The molecule has 2 aromatic carbocycles. The molecule has 0 aliphatic rings. The Morgan fingerprint density at radius 2 is 1.52 bits per heavy atom. The third-order valence-electron chi connectivity index (χ3n) is 4.53. The summed E-state index contributed by atoms with van der Waals surface area (Å²) in [6, 6.07) is 17.8. The van der Waals surface area contributed by atoms with Crippen molar-refractivity contribution in [3.63, 3.8) is 0 Å². The molecule has 0 saturated carbocycles. The minimum absolute atomic E-state index is 0.0109. The van der Waals surface area contributed by atoms with Gasteiger partial charge in [-0.05, 0) is 49.9 Å². The fourth-order valence-corrected chi connectivity index (χ4v) is 3.66. The highest BCUT2D eigenvalue weighted by molar-refractivity contribution is 7.90. The van der Waals surface area contributed by atoms with Crippen molar-refractivity contribution in [3.8, 4) is 0 Å². The topological polar surface area (TPSA) is 46.2 Å². The lowest BCUT2D eigenvalue weighted by Crippen LogP contribution is -2.41. The first-order chi connectivity index (χ1) is 11.6. The maximum absolute atomic E-state index is 12.5. The Bertz CT molecular complexity index is 781. The van der Waals surface area contributed by atoms with Crippen LogP contribution >= 0.6 is 11.6 Å². The van der Waals surface area contributed by atoms with E-state index in [-0.39, 0.29) is 11.8 Å². The molecule has 0 aliphatic heterocycles. The number of rotatable bonds is 6. The number of benzene rings is 2. The van der Waals surface area contributed by atoms with E-state index in [1.54, 1.807) is 20.8 Å². The van der Waals surface area contributed by atoms with Gasteiger partial charge in [-0.3, -0.25) is 0 Å². The first kappa shape index (κ1) is 20.0. The maximum atomic E-state index is 12.5. The molecule has 5 heteroatoms. The molecule has 3 nitrogen and oxygen atoms in total. The molecular weight excluding hydrogens is 354 g/mol. The molecule has 0 saturated heterocycles. The quantitative estimate of drug-likeness (QED) is 0.772. The van der Waals surface area contributed by atoms with Gasteiger partial charge in [-0.25, -0.2) is 13.1 Å². The standard InChI is InChI=1S/C20H26ClNO2S/c1-15(16-8-6-5-7-9-16)19(17-10-12-18(21)13-11-17)14-22-25(23,24)20(2,3)4/h5-13,15,19,22H,14H2,1-4H3. The van der Waals surface area contributed by atoms with E-state index >= 15 is 0 Å². The minimum Gasteiger partial charge on any atom is -0.214 e. The number of hydrogen-bond acceptors (Lipinski definition) is 2. The zero-order valence-electron chi connectivity index (χ0n) is 15.2. The molecule has 0 bridgehead atoms. The minimum atomic E-state index is -3.40. The second kappa shape index (κ2) is 7.90. The van der Waals surface area contributed by atoms with Gasteiger partial charge in [0.1, 0.15) is 0 Å². The van der Waals surface area contributed by atoms with Gasteiger partial charge >= 0.3 is 0 Å². The normalized spacial score (nSPS) is 14.9. The molecule has 0 radical (unpaired) electrons. The summed E-state index contributed by atoms with van der Waals surface area (Å²) < 4.78 is 26.9. The van der Waals surface area contributed by atoms with Crippen molar-refractivity contribution in [3.05, 3.63) is 70.7 Å². The van der Waals surface area contributed by atoms with E-state index in [1.807, 2.05) is 42.5 Å². The van der Waals surface area contributed by atoms with Gasteiger partial charge in [-0.15, -0.1) is 0 Å². The fourth-order valence-electron chi connectivity index (χ4n) is 2.70. The van der Waals surface area contributed by atoms with Crippen LogP contribution in [0.3, 0.4) is 0 Å². The largest absolute Gasteiger partial charge is 0.216 e. The van der Waals surface area contributed by atoms with E-state index in [0.717, 1.165) is 5.56 Å². The van der Waals surface area contributed by atoms with Crippen LogP contribution in [0, 0.1) is 0 Å². The SMILES string of the molecule is CC(c1ccccc1)C(CNS(=O)(=O)C(C)(C)C)c1ccc(Cl)cc1. The lowest BCUT2D eigenvalue weighted by Gasteiger charge is -2.27. The maximum Gasteiger partial charge on any atom is 0.216 e. The summed E-state index contributed by atoms with van der Waals surface area (Å²) in [4.78, 5) is 0. The van der Waals surface area contributed by atoms with Crippen LogP contribution in [0.15, 0.2) is 54.6 Å². The summed E-state index contributed by atoms with van der Waals surface area (Å²) in [5.74, 6) is 0.168. The first-order valence-corrected chi connectivity index (χ1v) is 10.3. The van der Waals surface area contributed by atoms with Crippen LogP contribution < -0.4 is 4.72 Å². The zero-order valence-corrected chi connectivity index (χ0v) is 16.7. The molecule has 1 N–H and O–H groups in total. The van der Waals surface area contributed by atoms with Crippen molar-refractivity contribution in [1.82, 2.24) is 4.72 Å². The Kier molecular flexibility index (Phi) is 6.30. The molecule has 2 atom stereocenters. The molecule has 136 valence electrons. The van der Waals surface area contributed by atoms with Gasteiger partial charge in [0.05, 0.1) is 4.75 Å². The van der Waals surface area contributed by atoms with Crippen molar-refractivity contribution in [2.24, 2.45) is 0 Å². The first-order valence-electron chi connectivity index (χ1n) is 8.41. The average Bonchev–Trinajstić information content (AvgIpc) is 2.56. The Morgan fingerprint density at radius 3 is 2.04 bits per heavy atom. The van der Waals surface area contributed by atoms with Gasteiger partial charge in [-0.2, -0.15) is 0 Å². The van der Waals surface area contributed by atoms with E-state index in [1.165, 1.54) is 5.56 Å². The lowest BCUT2D eigenvalue weighted by molar-refractivity contribution is 0.518. The highest BCUT2D eigenvalue weighted by Gasteiger charge is 2.30. The smallest absolute Gasteiger partial charge is 0.214 e. The molecule has 0 heterocycles. The molecule has 2 rings (SSSR count). The Balaban J connectivity index is 2.31. The van der Waals surface area contributed by atoms with Crippen LogP contribution in [0.4, 0.5) is 0 Å². The lowest BCUT2D eigenvalue weighted by atomic mass is 9.83. The van der Waals surface area contributed by atoms with Crippen molar-refractivity contribution < 1.29 is 8.42 Å². The van der Waals surface area contributed by atoms with Gasteiger partial charge in [-0.1, -0.05) is 61.0 Å². The highest BCUT2D eigenvalue weighted by atomic mass is 35.5. The highest BCUT2D eigenvalue weighted by Crippen LogP contribution is 2.33. The third-order valence-corrected chi connectivity index (χ3v) is 6.94. The summed E-state index contributed by atoms with van der Waals surface area (Å²) in [5.41, 5.74) is 2.25. The second-order valence-corrected chi connectivity index (χ2v) is 10.3. The molecular formula is C20H26ClNO2S. The van der Waals surface area contributed by atoms with Crippen LogP contribution in [0.1, 0.15) is 50.7 Å². The van der Waals surface area contributed by atoms with Crippen molar-refractivity contribution >= 4 is 21.6 Å². The Labute approximate surface area is 156 Å². The summed E-state index contributed by atoms with van der Waals surface area (Å²) in [6.07, 6.45) is 0. The monoisotopic (exact) mass is 379 g/mol. The number of sulfonamides is 1. The van der Waals surface area contributed by atoms with Gasteiger partial charge in [0.2, 0.25) is 10.0 Å². The Morgan fingerprint density at radius 1 is 0.960 bits per heavy atom. The van der Waals surface area contributed by atoms with Crippen molar-refractivity contribution in [2.75, 3.05) is 6.54 Å². The van der Waals surface area contributed by atoms with Gasteiger partial charge in [0.25, 0.3) is 0 Å². The molecule has 2 unspecified atom stereocenters. The molecule has 25 heavy (non-hydrogen) atoms. The number of hydrogen-bond donors (Lipinski definition) is 1. The zero-order chi connectivity index (χ0) is 18.7. The molecule has 0 fully saturated rings. The van der Waals surface area contributed by atoms with E-state index in [4.69, 9.17) is 11.6 Å². The molecule has 0 spiro atoms. The predicted molar refractivity (Wildman–Crippen MR) is 106 cm³/mol.